The molecule has 1 amide bonds. The maximum atomic E-state index is 13.4. The van der Waals surface area contributed by atoms with E-state index in [1.165, 1.54) is 22.2 Å². The van der Waals surface area contributed by atoms with E-state index in [0.29, 0.717) is 6.42 Å². The predicted octanol–water partition coefficient (Wildman–Crippen LogP) is 5.24. The first kappa shape index (κ1) is 22.1. The average molecular weight is 454 g/mol. The number of aromatic nitrogens is 1. The number of rotatable bonds is 7. The van der Waals surface area contributed by atoms with Gasteiger partial charge in [-0.1, -0.05) is 48.5 Å². The second-order valence-corrected chi connectivity index (χ2v) is 8.95. The van der Waals surface area contributed by atoms with Gasteiger partial charge in [0.15, 0.2) is 0 Å². The van der Waals surface area contributed by atoms with Crippen LogP contribution in [-0.2, 0) is 11.2 Å². The molecule has 5 heteroatoms. The van der Waals surface area contributed by atoms with Crippen molar-refractivity contribution < 1.29 is 9.53 Å². The van der Waals surface area contributed by atoms with E-state index in [-0.39, 0.29) is 11.8 Å². The molecular weight excluding hydrogens is 422 g/mol. The molecule has 2 heterocycles. The van der Waals surface area contributed by atoms with Crippen molar-refractivity contribution in [1.29, 1.82) is 0 Å². The van der Waals surface area contributed by atoms with Crippen LogP contribution in [0.25, 0.3) is 10.9 Å². The van der Waals surface area contributed by atoms with Crippen LogP contribution >= 0.6 is 0 Å². The third-order valence-corrected chi connectivity index (χ3v) is 6.88. The van der Waals surface area contributed by atoms with Crippen LogP contribution in [0.5, 0.6) is 5.75 Å². The lowest BCUT2D eigenvalue weighted by atomic mass is 9.88. The number of hydrogen-bond donors (Lipinski definition) is 1. The Hall–Kier alpha value is -3.73. The molecule has 174 valence electrons. The fraction of sp³-hybridized carbons (Fsp3) is 0.276. The van der Waals surface area contributed by atoms with Gasteiger partial charge in [0.05, 0.1) is 7.11 Å². The Balaban J connectivity index is 1.29. The standard InChI is InChI=1S/C29H31N3O2/c1-34-25-13-11-24(12-14-25)31-15-17-32(18-16-31)29(33)20-23(19-22-7-3-2-4-8-22)27-21-30-28-10-6-5-9-26(27)28/h2-14,21,23,30H,15-20H2,1H3/t23-/m1/s1. The van der Waals surface area contributed by atoms with Gasteiger partial charge in [-0.2, -0.15) is 0 Å². The van der Waals surface area contributed by atoms with Crippen molar-refractivity contribution in [1.82, 2.24) is 9.88 Å². The van der Waals surface area contributed by atoms with Gasteiger partial charge in [0.1, 0.15) is 5.75 Å². The van der Waals surface area contributed by atoms with Crippen molar-refractivity contribution in [2.75, 3.05) is 38.2 Å². The van der Waals surface area contributed by atoms with Crippen LogP contribution < -0.4 is 9.64 Å². The number of carbonyl (C=O) groups is 1. The number of carbonyl (C=O) groups excluding carboxylic acids is 1. The minimum Gasteiger partial charge on any atom is -0.497 e. The molecule has 5 rings (SSSR count). The highest BCUT2D eigenvalue weighted by molar-refractivity contribution is 5.85. The van der Waals surface area contributed by atoms with Gasteiger partial charge in [0.2, 0.25) is 5.91 Å². The number of para-hydroxylation sites is 1. The number of amides is 1. The van der Waals surface area contributed by atoms with E-state index in [9.17, 15) is 4.79 Å². The summed E-state index contributed by atoms with van der Waals surface area (Å²) in [4.78, 5) is 21.2. The molecular formula is C29H31N3O2. The molecule has 4 aromatic rings. The smallest absolute Gasteiger partial charge is 0.223 e. The number of fused-ring (bicyclic) bond motifs is 1. The zero-order valence-corrected chi connectivity index (χ0v) is 19.6. The number of methoxy groups -OCH3 is 1. The number of ether oxygens (including phenoxy) is 1. The largest absolute Gasteiger partial charge is 0.497 e. The first-order chi connectivity index (χ1) is 16.7. The van der Waals surface area contributed by atoms with Gasteiger partial charge in [-0.05, 0) is 53.8 Å². The fourth-order valence-electron chi connectivity index (χ4n) is 4.97. The van der Waals surface area contributed by atoms with E-state index in [2.05, 4.69) is 70.7 Å². The summed E-state index contributed by atoms with van der Waals surface area (Å²) < 4.78 is 5.27. The zero-order chi connectivity index (χ0) is 23.3. The Labute approximate surface area is 201 Å². The van der Waals surface area contributed by atoms with Crippen LogP contribution in [0, 0.1) is 0 Å². The molecule has 0 spiro atoms. The van der Waals surface area contributed by atoms with Crippen molar-refractivity contribution in [3.05, 3.63) is 96.2 Å². The normalized spacial score (nSPS) is 14.9. The number of hydrogen-bond acceptors (Lipinski definition) is 3. The molecule has 34 heavy (non-hydrogen) atoms. The molecule has 1 N–H and O–H groups in total. The summed E-state index contributed by atoms with van der Waals surface area (Å²) in [5, 5.41) is 1.21. The average Bonchev–Trinajstić information content (AvgIpc) is 3.33. The van der Waals surface area contributed by atoms with Crippen molar-refractivity contribution >= 4 is 22.5 Å². The van der Waals surface area contributed by atoms with E-state index in [1.54, 1.807) is 7.11 Å². The third-order valence-electron chi connectivity index (χ3n) is 6.88. The number of H-pyrrole nitrogens is 1. The summed E-state index contributed by atoms with van der Waals surface area (Å²) in [7, 11) is 1.68. The fourth-order valence-corrected chi connectivity index (χ4v) is 4.97. The monoisotopic (exact) mass is 453 g/mol. The Bertz CT molecular complexity index is 1230. The van der Waals surface area contributed by atoms with Crippen LogP contribution in [-0.4, -0.2) is 49.1 Å². The van der Waals surface area contributed by atoms with Gasteiger partial charge in [-0.3, -0.25) is 4.79 Å². The summed E-state index contributed by atoms with van der Waals surface area (Å²) in [5.74, 6) is 1.23. The first-order valence-electron chi connectivity index (χ1n) is 12.0. The second-order valence-electron chi connectivity index (χ2n) is 8.95. The number of nitrogens with zero attached hydrogens (tertiary/aromatic N) is 2. The Kier molecular flexibility index (Phi) is 6.52. The molecule has 1 saturated heterocycles. The molecule has 1 aliphatic heterocycles. The minimum atomic E-state index is 0.130. The van der Waals surface area contributed by atoms with Gasteiger partial charge in [0.25, 0.3) is 0 Å². The maximum absolute atomic E-state index is 13.4. The third kappa shape index (κ3) is 4.79. The molecule has 0 saturated carbocycles. The van der Waals surface area contributed by atoms with Crippen molar-refractivity contribution in [3.63, 3.8) is 0 Å². The van der Waals surface area contributed by atoms with E-state index in [1.807, 2.05) is 29.2 Å². The number of piperazine rings is 1. The summed E-state index contributed by atoms with van der Waals surface area (Å²) in [6.45, 7) is 3.18. The molecule has 1 aromatic heterocycles. The molecule has 5 nitrogen and oxygen atoms in total. The predicted molar refractivity (Wildman–Crippen MR) is 138 cm³/mol. The number of nitrogens with one attached hydrogen (secondary N) is 1. The quantitative estimate of drug-likeness (QED) is 0.416. The van der Waals surface area contributed by atoms with Crippen molar-refractivity contribution in [3.8, 4) is 5.75 Å². The Morgan fingerprint density at radius 1 is 0.912 bits per heavy atom. The van der Waals surface area contributed by atoms with Crippen LogP contribution in [0.2, 0.25) is 0 Å². The molecule has 3 aromatic carbocycles. The summed E-state index contributed by atoms with van der Waals surface area (Å²) in [6.07, 6.45) is 3.45. The number of aromatic amines is 1. The minimum absolute atomic E-state index is 0.130. The van der Waals surface area contributed by atoms with Gasteiger partial charge >= 0.3 is 0 Å². The summed E-state index contributed by atoms with van der Waals surface area (Å²) >= 11 is 0. The van der Waals surface area contributed by atoms with Crippen molar-refractivity contribution in [2.45, 2.75) is 18.8 Å². The first-order valence-corrected chi connectivity index (χ1v) is 12.0. The topological polar surface area (TPSA) is 48.6 Å². The van der Waals surface area contributed by atoms with Crippen LogP contribution in [0.1, 0.15) is 23.5 Å². The van der Waals surface area contributed by atoms with Crippen LogP contribution in [0.4, 0.5) is 5.69 Å². The highest BCUT2D eigenvalue weighted by Crippen LogP contribution is 2.32. The zero-order valence-electron chi connectivity index (χ0n) is 19.6. The van der Waals surface area contributed by atoms with Crippen LogP contribution in [0.15, 0.2) is 85.1 Å². The summed E-state index contributed by atoms with van der Waals surface area (Å²) in [5.41, 5.74) is 4.78. The maximum Gasteiger partial charge on any atom is 0.223 e. The highest BCUT2D eigenvalue weighted by atomic mass is 16.5. The Morgan fingerprint density at radius 2 is 1.62 bits per heavy atom. The number of anilines is 1. The van der Waals surface area contributed by atoms with Crippen molar-refractivity contribution in [2.24, 2.45) is 0 Å². The molecule has 0 radical (unpaired) electrons. The van der Waals surface area contributed by atoms with E-state index >= 15 is 0 Å². The molecule has 1 atom stereocenters. The summed E-state index contributed by atoms with van der Waals surface area (Å²) in [6, 6.07) is 27.0. The molecule has 1 fully saturated rings. The van der Waals surface area contributed by atoms with E-state index in [0.717, 1.165) is 43.9 Å². The van der Waals surface area contributed by atoms with E-state index in [4.69, 9.17) is 4.74 Å². The lowest BCUT2D eigenvalue weighted by molar-refractivity contribution is -0.131. The lowest BCUT2D eigenvalue weighted by Crippen LogP contribution is -2.49. The van der Waals surface area contributed by atoms with Gasteiger partial charge in [0, 0.05) is 55.4 Å². The van der Waals surface area contributed by atoms with Crippen LogP contribution in [0.3, 0.4) is 0 Å². The SMILES string of the molecule is COc1ccc(N2CCN(C(=O)C[C@@H](Cc3ccccc3)c3c[nH]c4ccccc34)CC2)cc1. The van der Waals surface area contributed by atoms with Gasteiger partial charge < -0.3 is 19.5 Å². The van der Waals surface area contributed by atoms with Gasteiger partial charge in [-0.25, -0.2) is 0 Å². The number of benzene rings is 3. The molecule has 1 aliphatic rings. The van der Waals surface area contributed by atoms with Gasteiger partial charge in [-0.15, -0.1) is 0 Å². The lowest BCUT2D eigenvalue weighted by Gasteiger charge is -2.36. The second kappa shape index (κ2) is 10.0. The van der Waals surface area contributed by atoms with E-state index < -0.39 is 0 Å². The molecule has 0 unspecified atom stereocenters. The molecule has 0 aliphatic carbocycles. The Morgan fingerprint density at radius 3 is 2.35 bits per heavy atom. The molecule has 0 bridgehead atoms. The highest BCUT2D eigenvalue weighted by Gasteiger charge is 2.26.